The van der Waals surface area contributed by atoms with Crippen molar-refractivity contribution in [2.45, 2.75) is 18.9 Å². The van der Waals surface area contributed by atoms with Crippen LogP contribution in [0.25, 0.3) is 0 Å². The van der Waals surface area contributed by atoms with E-state index in [0.29, 0.717) is 16.4 Å². The van der Waals surface area contributed by atoms with Crippen LogP contribution < -0.4 is 26.6 Å². The molecule has 5 N–H and O–H groups in total. The van der Waals surface area contributed by atoms with Crippen LogP contribution in [0, 0.1) is 11.8 Å². The maximum absolute atomic E-state index is 12.8. The SMILES string of the molecule is O=C1CC(C(=O)Nc2ccccc2)C2C(=O)NC(Nc3cccc(Cl)c3)NC2N1. The second-order valence-corrected chi connectivity index (χ2v) is 7.44. The monoisotopic (exact) mass is 413 g/mol. The summed E-state index contributed by atoms with van der Waals surface area (Å²) >= 11 is 5.99. The summed E-state index contributed by atoms with van der Waals surface area (Å²) in [6.07, 6.45) is -1.35. The van der Waals surface area contributed by atoms with Gasteiger partial charge in [-0.1, -0.05) is 35.9 Å². The molecule has 0 bridgehead atoms. The van der Waals surface area contributed by atoms with E-state index in [1.165, 1.54) is 0 Å². The standard InChI is InChI=1S/C20H20ClN5O3/c21-11-5-4-8-13(9-11)23-20-25-17-16(19(29)26-20)14(10-15(27)24-17)18(28)22-12-6-2-1-3-7-12/h1-9,14,16-17,20,23,25H,10H2,(H,22,28)(H,24,27)(H,26,29). The number of carbonyl (C=O) groups excluding carboxylic acids is 3. The van der Waals surface area contributed by atoms with Gasteiger partial charge in [-0.2, -0.15) is 0 Å². The van der Waals surface area contributed by atoms with E-state index in [1.807, 2.05) is 6.07 Å². The lowest BCUT2D eigenvalue weighted by atomic mass is 9.81. The number of halogens is 1. The molecule has 150 valence electrons. The highest BCUT2D eigenvalue weighted by molar-refractivity contribution is 6.30. The summed E-state index contributed by atoms with van der Waals surface area (Å²) in [5.74, 6) is -2.48. The summed E-state index contributed by atoms with van der Waals surface area (Å²) in [6, 6.07) is 16.0. The molecule has 2 aromatic rings. The number of fused-ring (bicyclic) bond motifs is 1. The van der Waals surface area contributed by atoms with E-state index in [0.717, 1.165) is 0 Å². The van der Waals surface area contributed by atoms with Crippen LogP contribution in [0.2, 0.25) is 5.02 Å². The second kappa shape index (κ2) is 8.10. The van der Waals surface area contributed by atoms with Gasteiger partial charge < -0.3 is 21.3 Å². The minimum absolute atomic E-state index is 0.0542. The van der Waals surface area contributed by atoms with Gasteiger partial charge in [0, 0.05) is 22.8 Å². The fourth-order valence-electron chi connectivity index (χ4n) is 3.66. The van der Waals surface area contributed by atoms with Gasteiger partial charge in [-0.3, -0.25) is 19.7 Å². The number of piperidine rings is 1. The number of rotatable bonds is 4. The lowest BCUT2D eigenvalue weighted by Gasteiger charge is -2.43. The number of amides is 3. The summed E-state index contributed by atoms with van der Waals surface area (Å²) in [5, 5.41) is 15.2. The normalized spacial score (nSPS) is 26.0. The number of hydrogen-bond donors (Lipinski definition) is 5. The number of benzene rings is 2. The van der Waals surface area contributed by atoms with Crippen molar-refractivity contribution in [3.63, 3.8) is 0 Å². The molecule has 0 aliphatic carbocycles. The number of nitrogens with one attached hydrogen (secondary N) is 5. The van der Waals surface area contributed by atoms with Crippen LogP contribution in [0.15, 0.2) is 54.6 Å². The van der Waals surface area contributed by atoms with E-state index in [9.17, 15) is 14.4 Å². The van der Waals surface area contributed by atoms with Gasteiger partial charge in [-0.05, 0) is 30.3 Å². The van der Waals surface area contributed by atoms with E-state index in [4.69, 9.17) is 11.6 Å². The first-order valence-corrected chi connectivity index (χ1v) is 9.61. The van der Waals surface area contributed by atoms with Crippen LogP contribution in [0.5, 0.6) is 0 Å². The topological polar surface area (TPSA) is 111 Å². The number of carbonyl (C=O) groups is 3. The van der Waals surface area contributed by atoms with Crippen LogP contribution in [0.3, 0.4) is 0 Å². The van der Waals surface area contributed by atoms with Crippen molar-refractivity contribution in [2.75, 3.05) is 10.6 Å². The molecule has 2 aromatic carbocycles. The molecule has 29 heavy (non-hydrogen) atoms. The zero-order valence-corrected chi connectivity index (χ0v) is 16.1. The van der Waals surface area contributed by atoms with Gasteiger partial charge in [-0.15, -0.1) is 0 Å². The summed E-state index contributed by atoms with van der Waals surface area (Å²) in [7, 11) is 0. The smallest absolute Gasteiger partial charge is 0.229 e. The Hall–Kier alpha value is -3.10. The van der Waals surface area contributed by atoms with Crippen LogP contribution in [0.1, 0.15) is 6.42 Å². The third-order valence-electron chi connectivity index (χ3n) is 4.96. The molecule has 0 radical (unpaired) electrons. The lowest BCUT2D eigenvalue weighted by molar-refractivity contribution is -0.144. The fraction of sp³-hybridized carbons (Fsp3) is 0.250. The average molecular weight is 414 g/mol. The van der Waals surface area contributed by atoms with Gasteiger partial charge >= 0.3 is 0 Å². The molecule has 2 heterocycles. The van der Waals surface area contributed by atoms with Gasteiger partial charge in [0.15, 0.2) is 6.29 Å². The largest absolute Gasteiger partial charge is 0.353 e. The van der Waals surface area contributed by atoms with Gasteiger partial charge in [0.25, 0.3) is 0 Å². The van der Waals surface area contributed by atoms with E-state index in [1.54, 1.807) is 48.5 Å². The minimum Gasteiger partial charge on any atom is -0.353 e. The van der Waals surface area contributed by atoms with Gasteiger partial charge in [0.05, 0.1) is 18.0 Å². The van der Waals surface area contributed by atoms with Crippen molar-refractivity contribution in [2.24, 2.45) is 11.8 Å². The molecular weight excluding hydrogens is 394 g/mol. The lowest BCUT2D eigenvalue weighted by Crippen LogP contribution is -2.72. The first kappa shape index (κ1) is 19.2. The Balaban J connectivity index is 1.48. The quantitative estimate of drug-likeness (QED) is 0.521. The molecular formula is C20H20ClN5O3. The molecule has 2 saturated heterocycles. The second-order valence-electron chi connectivity index (χ2n) is 7.00. The Kier molecular flexibility index (Phi) is 5.37. The number of para-hydroxylation sites is 1. The Bertz CT molecular complexity index is 939. The van der Waals surface area contributed by atoms with Crippen LogP contribution >= 0.6 is 11.6 Å². The molecule has 2 aliphatic heterocycles. The summed E-state index contributed by atoms with van der Waals surface area (Å²) in [5.41, 5.74) is 1.32. The Morgan fingerprint density at radius 2 is 1.76 bits per heavy atom. The molecule has 4 rings (SSSR count). The summed E-state index contributed by atoms with van der Waals surface area (Å²) in [4.78, 5) is 37.8. The molecule has 9 heteroatoms. The molecule has 4 unspecified atom stereocenters. The Morgan fingerprint density at radius 1 is 1.00 bits per heavy atom. The summed E-state index contributed by atoms with van der Waals surface area (Å²) < 4.78 is 0. The van der Waals surface area contributed by atoms with Crippen molar-refractivity contribution in [3.05, 3.63) is 59.6 Å². The third kappa shape index (κ3) is 4.33. The number of hydrogen-bond acceptors (Lipinski definition) is 5. The molecule has 8 nitrogen and oxygen atoms in total. The van der Waals surface area contributed by atoms with Crippen LogP contribution in [0.4, 0.5) is 11.4 Å². The zero-order valence-electron chi connectivity index (χ0n) is 15.3. The van der Waals surface area contributed by atoms with Gasteiger partial charge in [0.1, 0.15) is 0 Å². The Labute approximate surface area is 172 Å². The minimum atomic E-state index is -0.784. The highest BCUT2D eigenvalue weighted by atomic mass is 35.5. The summed E-state index contributed by atoms with van der Waals surface area (Å²) in [6.45, 7) is 0. The van der Waals surface area contributed by atoms with Crippen molar-refractivity contribution in [1.29, 1.82) is 0 Å². The predicted octanol–water partition coefficient (Wildman–Crippen LogP) is 1.47. The van der Waals surface area contributed by atoms with Gasteiger partial charge in [-0.25, -0.2) is 0 Å². The first-order valence-electron chi connectivity index (χ1n) is 9.23. The molecule has 0 saturated carbocycles. The molecule has 3 amide bonds. The zero-order chi connectivity index (χ0) is 20.4. The Morgan fingerprint density at radius 3 is 2.52 bits per heavy atom. The maximum Gasteiger partial charge on any atom is 0.229 e. The first-order chi connectivity index (χ1) is 14.0. The number of anilines is 2. The molecule has 2 aliphatic rings. The maximum atomic E-state index is 12.8. The van der Waals surface area contributed by atoms with E-state index < -0.39 is 24.3 Å². The highest BCUT2D eigenvalue weighted by Crippen LogP contribution is 2.28. The highest BCUT2D eigenvalue weighted by Gasteiger charge is 2.48. The predicted molar refractivity (Wildman–Crippen MR) is 109 cm³/mol. The van der Waals surface area contributed by atoms with Crippen molar-refractivity contribution < 1.29 is 14.4 Å². The van der Waals surface area contributed by atoms with Crippen LogP contribution in [-0.4, -0.2) is 30.2 Å². The molecule has 2 fully saturated rings. The van der Waals surface area contributed by atoms with Crippen LogP contribution in [-0.2, 0) is 14.4 Å². The van der Waals surface area contributed by atoms with Crippen molar-refractivity contribution in [3.8, 4) is 0 Å². The van der Waals surface area contributed by atoms with Crippen molar-refractivity contribution >= 4 is 40.7 Å². The molecule has 4 atom stereocenters. The van der Waals surface area contributed by atoms with E-state index in [2.05, 4.69) is 26.6 Å². The van der Waals surface area contributed by atoms with Crippen molar-refractivity contribution in [1.82, 2.24) is 16.0 Å². The van der Waals surface area contributed by atoms with E-state index in [-0.39, 0.29) is 24.1 Å². The molecule has 0 spiro atoms. The fourth-order valence-corrected chi connectivity index (χ4v) is 3.85. The van der Waals surface area contributed by atoms with E-state index >= 15 is 0 Å². The average Bonchev–Trinajstić information content (AvgIpc) is 2.67. The third-order valence-corrected chi connectivity index (χ3v) is 5.20. The van der Waals surface area contributed by atoms with Gasteiger partial charge in [0.2, 0.25) is 17.7 Å². The molecule has 0 aromatic heterocycles.